The number of nitrogens with one attached hydrogen (secondary N) is 1. The van der Waals surface area contributed by atoms with Gasteiger partial charge in [0.2, 0.25) is 0 Å². The average Bonchev–Trinajstić information content (AvgIpc) is 2.36. The van der Waals surface area contributed by atoms with Crippen molar-refractivity contribution in [2.45, 2.75) is 18.9 Å². The van der Waals surface area contributed by atoms with E-state index in [1.165, 1.54) is 0 Å². The Morgan fingerprint density at radius 1 is 1.71 bits per heavy atom. The fourth-order valence-electron chi connectivity index (χ4n) is 2.51. The molecule has 0 radical (unpaired) electrons. The smallest absolute Gasteiger partial charge is 0.345 e. The Morgan fingerprint density at radius 2 is 2.43 bits per heavy atom. The largest absolute Gasteiger partial charge is 0.385 e. The van der Waals surface area contributed by atoms with Crippen LogP contribution >= 0.6 is 0 Å². The van der Waals surface area contributed by atoms with Crippen LogP contribution < -0.4 is 11.1 Å². The van der Waals surface area contributed by atoms with Gasteiger partial charge >= 0.3 is 6.03 Å². The number of aliphatic imine (C=N–C) groups is 1. The van der Waals surface area contributed by atoms with Crippen molar-refractivity contribution in [1.82, 2.24) is 10.2 Å². The highest BCUT2D eigenvalue weighted by atomic mass is 16.2. The maximum Gasteiger partial charge on any atom is 0.345 e. The maximum atomic E-state index is 11.4. The summed E-state index contributed by atoms with van der Waals surface area (Å²) in [4.78, 5) is 17.0. The van der Waals surface area contributed by atoms with Crippen LogP contribution in [0.15, 0.2) is 4.99 Å². The molecular weight excluding hydrogens is 180 g/mol. The van der Waals surface area contributed by atoms with Crippen LogP contribution in [-0.4, -0.2) is 42.4 Å². The van der Waals surface area contributed by atoms with Crippen LogP contribution in [0.3, 0.4) is 0 Å². The third-order valence-electron chi connectivity index (χ3n) is 3.49. The second kappa shape index (κ2) is 2.95. The number of hydrogen-bond donors (Lipinski definition) is 2. The van der Waals surface area contributed by atoms with Gasteiger partial charge in [-0.25, -0.2) is 4.79 Å². The van der Waals surface area contributed by atoms with Gasteiger partial charge in [-0.3, -0.25) is 0 Å². The van der Waals surface area contributed by atoms with Gasteiger partial charge in [0.05, 0.1) is 0 Å². The van der Waals surface area contributed by atoms with E-state index in [-0.39, 0.29) is 11.6 Å². The molecule has 2 heterocycles. The van der Waals surface area contributed by atoms with Crippen molar-refractivity contribution >= 4 is 11.9 Å². The monoisotopic (exact) mass is 196 g/mol. The molecule has 2 atom stereocenters. The number of amidine groups is 1. The number of urea groups is 1. The van der Waals surface area contributed by atoms with Crippen LogP contribution in [0.4, 0.5) is 4.79 Å². The Bertz CT molecular complexity index is 301. The van der Waals surface area contributed by atoms with Gasteiger partial charge in [0.15, 0.2) is 0 Å². The van der Waals surface area contributed by atoms with Gasteiger partial charge in [0.1, 0.15) is 11.4 Å². The van der Waals surface area contributed by atoms with Gasteiger partial charge in [0, 0.05) is 13.6 Å². The highest BCUT2D eigenvalue weighted by Gasteiger charge is 2.51. The number of hydrogen-bond acceptors (Lipinski definition) is 3. The second-order valence-corrected chi connectivity index (χ2v) is 4.12. The molecule has 1 saturated heterocycles. The predicted molar refractivity (Wildman–Crippen MR) is 54.2 cm³/mol. The molecule has 5 nitrogen and oxygen atoms in total. The molecule has 2 aliphatic heterocycles. The molecule has 14 heavy (non-hydrogen) atoms. The summed E-state index contributed by atoms with van der Waals surface area (Å²) >= 11 is 0. The molecule has 2 unspecified atom stereocenters. The van der Waals surface area contributed by atoms with E-state index < -0.39 is 0 Å². The zero-order valence-corrected chi connectivity index (χ0v) is 8.58. The van der Waals surface area contributed by atoms with Gasteiger partial charge in [-0.2, -0.15) is 4.99 Å². The lowest BCUT2D eigenvalue weighted by molar-refractivity contribution is 0.130. The van der Waals surface area contributed by atoms with Crippen LogP contribution in [0.1, 0.15) is 13.3 Å². The predicted octanol–water partition coefficient (Wildman–Crippen LogP) is -0.223. The minimum atomic E-state index is -0.331. The molecule has 0 saturated carbocycles. The normalized spacial score (nSPS) is 37.9. The topological polar surface area (TPSA) is 70.7 Å². The summed E-state index contributed by atoms with van der Waals surface area (Å²) < 4.78 is 0. The molecule has 0 aromatic heterocycles. The van der Waals surface area contributed by atoms with E-state index >= 15 is 0 Å². The summed E-state index contributed by atoms with van der Waals surface area (Å²) in [5, 5.41) is 3.29. The van der Waals surface area contributed by atoms with Crippen LogP contribution in [-0.2, 0) is 0 Å². The molecule has 5 heteroatoms. The summed E-state index contributed by atoms with van der Waals surface area (Å²) in [6, 6.07) is -0.212. The molecule has 1 spiro atoms. The summed E-state index contributed by atoms with van der Waals surface area (Å²) in [6.07, 6.45) is 0.853. The quantitative estimate of drug-likeness (QED) is 0.562. The first kappa shape index (κ1) is 9.45. The van der Waals surface area contributed by atoms with E-state index in [0.29, 0.717) is 11.8 Å². The number of nitrogens with zero attached hydrogens (tertiary/aromatic N) is 2. The summed E-state index contributed by atoms with van der Waals surface area (Å²) in [7, 11) is 1.79. The summed E-state index contributed by atoms with van der Waals surface area (Å²) in [6.45, 7) is 3.87. The average molecular weight is 196 g/mol. The molecular formula is C9H16N4O. The molecule has 0 bridgehead atoms. The summed E-state index contributed by atoms with van der Waals surface area (Å²) in [5.41, 5.74) is 5.54. The SMILES string of the molecule is CC1CNCCC12C(N)=NC(=O)N2C. The number of carbonyl (C=O) groups is 1. The molecule has 1 fully saturated rings. The van der Waals surface area contributed by atoms with Crippen molar-refractivity contribution in [3.8, 4) is 0 Å². The first-order valence-electron chi connectivity index (χ1n) is 4.92. The number of amides is 2. The molecule has 2 amide bonds. The molecule has 3 N–H and O–H groups in total. The Morgan fingerprint density at radius 3 is 2.93 bits per heavy atom. The van der Waals surface area contributed by atoms with Crippen molar-refractivity contribution in [1.29, 1.82) is 0 Å². The van der Waals surface area contributed by atoms with Crippen molar-refractivity contribution < 1.29 is 4.79 Å². The number of carbonyl (C=O) groups excluding carboxylic acids is 1. The Labute approximate surface area is 83.4 Å². The third kappa shape index (κ3) is 0.987. The highest BCUT2D eigenvalue weighted by molar-refractivity contribution is 6.06. The Hall–Kier alpha value is -1.10. The van der Waals surface area contributed by atoms with Gasteiger partial charge in [-0.15, -0.1) is 0 Å². The van der Waals surface area contributed by atoms with Crippen LogP contribution in [0, 0.1) is 5.92 Å². The van der Waals surface area contributed by atoms with Gasteiger partial charge in [-0.05, 0) is 18.9 Å². The third-order valence-corrected chi connectivity index (χ3v) is 3.49. The zero-order chi connectivity index (χ0) is 10.3. The molecule has 2 rings (SSSR count). The number of piperidine rings is 1. The number of rotatable bonds is 0. The second-order valence-electron chi connectivity index (χ2n) is 4.12. The number of nitrogens with two attached hydrogens (primary N) is 1. The lowest BCUT2D eigenvalue weighted by atomic mass is 9.78. The zero-order valence-electron chi connectivity index (χ0n) is 8.58. The molecule has 0 aromatic rings. The fourth-order valence-corrected chi connectivity index (χ4v) is 2.51. The minimum absolute atomic E-state index is 0.212. The van der Waals surface area contributed by atoms with Crippen molar-refractivity contribution in [2.75, 3.05) is 20.1 Å². The standard InChI is InChI=1S/C9H16N4O/c1-6-5-11-4-3-9(6)7(10)12-8(14)13(9)2/h6,11H,3-5H2,1-2H3,(H2,10,12,14). The molecule has 0 aromatic carbocycles. The number of likely N-dealkylation sites (N-methyl/N-ethyl adjacent to an activating group) is 1. The van der Waals surface area contributed by atoms with Crippen LogP contribution in [0.5, 0.6) is 0 Å². The lowest BCUT2D eigenvalue weighted by Crippen LogP contribution is -2.62. The van der Waals surface area contributed by atoms with Crippen molar-refractivity contribution in [3.63, 3.8) is 0 Å². The van der Waals surface area contributed by atoms with E-state index in [2.05, 4.69) is 17.2 Å². The lowest BCUT2D eigenvalue weighted by Gasteiger charge is -2.44. The van der Waals surface area contributed by atoms with Gasteiger partial charge in [-0.1, -0.05) is 6.92 Å². The van der Waals surface area contributed by atoms with Gasteiger partial charge in [0.25, 0.3) is 0 Å². The fraction of sp³-hybridized carbons (Fsp3) is 0.778. The molecule has 78 valence electrons. The maximum absolute atomic E-state index is 11.4. The van der Waals surface area contributed by atoms with E-state index in [0.717, 1.165) is 19.5 Å². The minimum Gasteiger partial charge on any atom is -0.385 e. The van der Waals surface area contributed by atoms with Gasteiger partial charge < -0.3 is 16.0 Å². The highest BCUT2D eigenvalue weighted by Crippen LogP contribution is 2.34. The van der Waals surface area contributed by atoms with Crippen LogP contribution in [0.2, 0.25) is 0 Å². The molecule has 0 aliphatic carbocycles. The Balaban J connectivity index is 2.38. The van der Waals surface area contributed by atoms with Crippen LogP contribution in [0.25, 0.3) is 0 Å². The molecule has 2 aliphatic rings. The van der Waals surface area contributed by atoms with E-state index in [4.69, 9.17) is 5.73 Å². The van der Waals surface area contributed by atoms with Crippen molar-refractivity contribution in [2.24, 2.45) is 16.6 Å². The Kier molecular flexibility index (Phi) is 1.99. The van der Waals surface area contributed by atoms with E-state index in [9.17, 15) is 4.79 Å². The van der Waals surface area contributed by atoms with E-state index in [1.54, 1.807) is 11.9 Å². The van der Waals surface area contributed by atoms with E-state index in [1.807, 2.05) is 0 Å². The first-order valence-corrected chi connectivity index (χ1v) is 4.92. The van der Waals surface area contributed by atoms with Crippen molar-refractivity contribution in [3.05, 3.63) is 0 Å². The first-order chi connectivity index (χ1) is 6.59. The summed E-state index contributed by atoms with van der Waals surface area (Å²) in [5.74, 6) is 0.801.